The molecule has 2 rings (SSSR count). The highest BCUT2D eigenvalue weighted by Gasteiger charge is 2.09. The summed E-state index contributed by atoms with van der Waals surface area (Å²) in [5.41, 5.74) is 1.25. The molecule has 1 nitrogen and oxygen atoms in total. The minimum atomic E-state index is 0.403. The highest BCUT2D eigenvalue weighted by Crippen LogP contribution is 2.32. The number of aromatic hydroxyl groups is 1. The van der Waals surface area contributed by atoms with Gasteiger partial charge in [0.25, 0.3) is 0 Å². The van der Waals surface area contributed by atoms with Crippen molar-refractivity contribution in [2.45, 2.75) is 32.6 Å². The van der Waals surface area contributed by atoms with Gasteiger partial charge in [0.2, 0.25) is 0 Å². The molecule has 0 heterocycles. The van der Waals surface area contributed by atoms with Crippen LogP contribution in [0.3, 0.4) is 0 Å². The lowest BCUT2D eigenvalue weighted by Crippen LogP contribution is -1.95. The fourth-order valence-electron chi connectivity index (χ4n) is 2.31. The highest BCUT2D eigenvalue weighted by atomic mass is 16.3. The van der Waals surface area contributed by atoms with Crippen LogP contribution >= 0.6 is 0 Å². The molecule has 0 amide bonds. The Labute approximate surface area is 96.7 Å². The monoisotopic (exact) mass is 214 g/mol. The van der Waals surface area contributed by atoms with Crippen LogP contribution in [0, 0.1) is 0 Å². The average Bonchev–Trinajstić information content (AvgIpc) is 2.31. The first-order valence-corrected chi connectivity index (χ1v) is 5.98. The van der Waals surface area contributed by atoms with Crippen molar-refractivity contribution < 1.29 is 5.11 Å². The van der Waals surface area contributed by atoms with Crippen molar-refractivity contribution in [2.75, 3.05) is 0 Å². The number of phenolic OH excluding ortho intramolecular Hbond substituents is 1. The van der Waals surface area contributed by atoms with Gasteiger partial charge in [0.1, 0.15) is 5.75 Å². The van der Waals surface area contributed by atoms with E-state index in [1.165, 1.54) is 5.56 Å². The summed E-state index contributed by atoms with van der Waals surface area (Å²) in [7, 11) is 0. The van der Waals surface area contributed by atoms with Gasteiger partial charge in [-0.2, -0.15) is 0 Å². The van der Waals surface area contributed by atoms with Crippen molar-refractivity contribution in [2.24, 2.45) is 0 Å². The predicted octanol–water partition coefficient (Wildman–Crippen LogP) is 4.45. The van der Waals surface area contributed by atoms with Crippen LogP contribution in [0.2, 0.25) is 0 Å². The SMILES string of the molecule is CCC(CC)c1cc(O)c2ccccc2c1. The second-order valence-corrected chi connectivity index (χ2v) is 4.27. The lowest BCUT2D eigenvalue weighted by Gasteiger charge is -2.14. The molecule has 0 atom stereocenters. The summed E-state index contributed by atoms with van der Waals surface area (Å²) >= 11 is 0. The molecule has 2 aromatic rings. The molecule has 0 aromatic heterocycles. The maximum Gasteiger partial charge on any atom is 0.123 e. The summed E-state index contributed by atoms with van der Waals surface area (Å²) in [5, 5.41) is 12.1. The lowest BCUT2D eigenvalue weighted by atomic mass is 9.92. The second kappa shape index (κ2) is 4.56. The summed E-state index contributed by atoms with van der Waals surface area (Å²) in [4.78, 5) is 0. The largest absolute Gasteiger partial charge is 0.507 e. The molecule has 0 fully saturated rings. The number of phenols is 1. The quantitative estimate of drug-likeness (QED) is 0.800. The van der Waals surface area contributed by atoms with Crippen molar-refractivity contribution in [3.05, 3.63) is 42.0 Å². The molecule has 0 aliphatic carbocycles. The molecule has 16 heavy (non-hydrogen) atoms. The van der Waals surface area contributed by atoms with E-state index in [9.17, 15) is 5.11 Å². The van der Waals surface area contributed by atoms with Crippen LogP contribution in [0.4, 0.5) is 0 Å². The minimum absolute atomic E-state index is 0.403. The zero-order chi connectivity index (χ0) is 11.5. The Morgan fingerprint density at radius 3 is 2.44 bits per heavy atom. The van der Waals surface area contributed by atoms with Crippen LogP contribution in [-0.2, 0) is 0 Å². The lowest BCUT2D eigenvalue weighted by molar-refractivity contribution is 0.479. The Kier molecular flexibility index (Phi) is 3.14. The van der Waals surface area contributed by atoms with Crippen molar-refractivity contribution in [1.29, 1.82) is 0 Å². The Hall–Kier alpha value is -1.50. The zero-order valence-corrected chi connectivity index (χ0v) is 9.90. The van der Waals surface area contributed by atoms with Crippen LogP contribution in [0.25, 0.3) is 10.8 Å². The zero-order valence-electron chi connectivity index (χ0n) is 9.90. The first-order chi connectivity index (χ1) is 7.76. The van der Waals surface area contributed by atoms with Crippen molar-refractivity contribution >= 4 is 10.8 Å². The van der Waals surface area contributed by atoms with E-state index in [-0.39, 0.29) is 0 Å². The van der Waals surface area contributed by atoms with Crippen molar-refractivity contribution in [1.82, 2.24) is 0 Å². The van der Waals surface area contributed by atoms with Gasteiger partial charge in [-0.25, -0.2) is 0 Å². The molecular formula is C15H18O. The first-order valence-electron chi connectivity index (χ1n) is 5.98. The number of fused-ring (bicyclic) bond motifs is 1. The van der Waals surface area contributed by atoms with E-state index in [1.807, 2.05) is 24.3 Å². The van der Waals surface area contributed by atoms with E-state index in [0.29, 0.717) is 11.7 Å². The van der Waals surface area contributed by atoms with Gasteiger partial charge in [-0.3, -0.25) is 0 Å². The molecule has 0 radical (unpaired) electrons. The minimum Gasteiger partial charge on any atom is -0.507 e. The number of benzene rings is 2. The summed E-state index contributed by atoms with van der Waals surface area (Å²) < 4.78 is 0. The van der Waals surface area contributed by atoms with Crippen LogP contribution in [0.1, 0.15) is 38.2 Å². The van der Waals surface area contributed by atoms with Gasteiger partial charge in [0, 0.05) is 5.39 Å². The van der Waals surface area contributed by atoms with Gasteiger partial charge in [0.15, 0.2) is 0 Å². The molecule has 0 bridgehead atoms. The van der Waals surface area contributed by atoms with Crippen LogP contribution < -0.4 is 0 Å². The molecule has 0 saturated heterocycles. The summed E-state index contributed by atoms with van der Waals surface area (Å²) in [6.45, 7) is 4.39. The molecule has 0 aliphatic rings. The van der Waals surface area contributed by atoms with E-state index in [1.54, 1.807) is 0 Å². The van der Waals surface area contributed by atoms with Gasteiger partial charge in [0.05, 0.1) is 0 Å². The van der Waals surface area contributed by atoms with E-state index < -0.39 is 0 Å². The van der Waals surface area contributed by atoms with Crippen LogP contribution in [-0.4, -0.2) is 5.11 Å². The Morgan fingerprint density at radius 1 is 1.06 bits per heavy atom. The maximum absolute atomic E-state index is 9.99. The molecule has 0 unspecified atom stereocenters. The third kappa shape index (κ3) is 1.90. The summed E-state index contributed by atoms with van der Waals surface area (Å²) in [6.07, 6.45) is 2.24. The Morgan fingerprint density at radius 2 is 1.75 bits per heavy atom. The Bertz CT molecular complexity index is 484. The van der Waals surface area contributed by atoms with E-state index >= 15 is 0 Å². The van der Waals surface area contributed by atoms with Gasteiger partial charge < -0.3 is 5.11 Å². The molecule has 0 saturated carbocycles. The van der Waals surface area contributed by atoms with Gasteiger partial charge in [-0.15, -0.1) is 0 Å². The Balaban J connectivity index is 2.57. The molecular weight excluding hydrogens is 196 g/mol. The molecule has 84 valence electrons. The van der Waals surface area contributed by atoms with E-state index in [4.69, 9.17) is 0 Å². The van der Waals surface area contributed by atoms with E-state index in [0.717, 1.165) is 23.6 Å². The highest BCUT2D eigenvalue weighted by molar-refractivity contribution is 5.88. The summed E-state index contributed by atoms with van der Waals surface area (Å²) in [5.74, 6) is 0.954. The number of rotatable bonds is 3. The molecule has 0 aliphatic heterocycles. The first kappa shape index (κ1) is 11.0. The standard InChI is InChI=1S/C15H18O/c1-3-11(4-2)13-9-12-7-5-6-8-14(12)15(16)10-13/h5-11,16H,3-4H2,1-2H3. The topological polar surface area (TPSA) is 20.2 Å². The fourth-order valence-corrected chi connectivity index (χ4v) is 2.31. The molecule has 1 N–H and O–H groups in total. The van der Waals surface area contributed by atoms with Crippen molar-refractivity contribution in [3.63, 3.8) is 0 Å². The van der Waals surface area contributed by atoms with Gasteiger partial charge >= 0.3 is 0 Å². The maximum atomic E-state index is 9.99. The van der Waals surface area contributed by atoms with E-state index in [2.05, 4.69) is 26.0 Å². The molecule has 2 aromatic carbocycles. The average molecular weight is 214 g/mol. The van der Waals surface area contributed by atoms with Gasteiger partial charge in [-0.1, -0.05) is 44.2 Å². The fraction of sp³-hybridized carbons (Fsp3) is 0.333. The second-order valence-electron chi connectivity index (χ2n) is 4.27. The summed E-state index contributed by atoms with van der Waals surface area (Å²) in [6, 6.07) is 12.1. The number of hydrogen-bond acceptors (Lipinski definition) is 1. The number of hydrogen-bond donors (Lipinski definition) is 1. The van der Waals surface area contributed by atoms with Crippen LogP contribution in [0.15, 0.2) is 36.4 Å². The normalized spacial score (nSPS) is 11.2. The molecule has 1 heteroatoms. The van der Waals surface area contributed by atoms with Crippen molar-refractivity contribution in [3.8, 4) is 5.75 Å². The van der Waals surface area contributed by atoms with Gasteiger partial charge in [-0.05, 0) is 35.8 Å². The third-order valence-corrected chi connectivity index (χ3v) is 3.32. The van der Waals surface area contributed by atoms with Crippen LogP contribution in [0.5, 0.6) is 5.75 Å². The predicted molar refractivity (Wildman–Crippen MR) is 68.9 cm³/mol. The molecule has 0 spiro atoms. The smallest absolute Gasteiger partial charge is 0.123 e. The third-order valence-electron chi connectivity index (χ3n) is 3.32.